The van der Waals surface area contributed by atoms with Crippen LogP contribution in [0.1, 0.15) is 19.3 Å². The number of nitrogen functional groups attached to an aromatic ring is 1. The second-order valence-electron chi connectivity index (χ2n) is 4.39. The van der Waals surface area contributed by atoms with Gasteiger partial charge in [-0.2, -0.15) is 0 Å². The van der Waals surface area contributed by atoms with Crippen molar-refractivity contribution in [3.63, 3.8) is 0 Å². The van der Waals surface area contributed by atoms with Crippen LogP contribution in [-0.2, 0) is 4.74 Å². The van der Waals surface area contributed by atoms with E-state index in [1.807, 2.05) is 12.1 Å². The maximum absolute atomic E-state index is 5.71. The molecule has 1 fully saturated rings. The second kappa shape index (κ2) is 5.21. The van der Waals surface area contributed by atoms with Crippen LogP contribution in [0.15, 0.2) is 24.3 Å². The fourth-order valence-corrected chi connectivity index (χ4v) is 2.37. The van der Waals surface area contributed by atoms with E-state index in [9.17, 15) is 0 Å². The third kappa shape index (κ3) is 2.47. The van der Waals surface area contributed by atoms with Gasteiger partial charge in [0.05, 0.1) is 12.6 Å². The predicted molar refractivity (Wildman–Crippen MR) is 67.7 cm³/mol. The summed E-state index contributed by atoms with van der Waals surface area (Å²) >= 11 is 0. The number of benzene rings is 1. The Hall–Kier alpha value is -1.22. The molecule has 1 aliphatic rings. The molecular weight excluding hydrogens is 200 g/mol. The molecule has 16 heavy (non-hydrogen) atoms. The zero-order chi connectivity index (χ0) is 11.4. The van der Waals surface area contributed by atoms with Crippen LogP contribution in [0.5, 0.6) is 0 Å². The summed E-state index contributed by atoms with van der Waals surface area (Å²) in [5.41, 5.74) is 7.79. The quantitative estimate of drug-likeness (QED) is 0.794. The molecule has 1 heterocycles. The first-order valence-corrected chi connectivity index (χ1v) is 5.92. The molecule has 88 valence electrons. The lowest BCUT2D eigenvalue weighted by Gasteiger charge is -2.37. The van der Waals surface area contributed by atoms with Crippen LogP contribution < -0.4 is 10.6 Å². The molecule has 1 saturated heterocycles. The van der Waals surface area contributed by atoms with Crippen molar-refractivity contribution in [1.82, 2.24) is 0 Å². The van der Waals surface area contributed by atoms with E-state index in [1.165, 1.54) is 24.9 Å². The minimum absolute atomic E-state index is 0.516. The minimum atomic E-state index is 0.516. The molecule has 0 spiro atoms. The Morgan fingerprint density at radius 2 is 2.06 bits per heavy atom. The largest absolute Gasteiger partial charge is 0.399 e. The second-order valence-corrected chi connectivity index (χ2v) is 4.39. The van der Waals surface area contributed by atoms with Crippen molar-refractivity contribution in [2.24, 2.45) is 0 Å². The average molecular weight is 220 g/mol. The van der Waals surface area contributed by atoms with Gasteiger partial charge >= 0.3 is 0 Å². The lowest BCUT2D eigenvalue weighted by Crippen LogP contribution is -2.42. The molecule has 2 rings (SSSR count). The molecule has 0 aromatic heterocycles. The first-order chi connectivity index (χ1) is 7.81. The molecule has 1 aromatic rings. The van der Waals surface area contributed by atoms with E-state index < -0.39 is 0 Å². The molecule has 0 radical (unpaired) electrons. The van der Waals surface area contributed by atoms with Crippen molar-refractivity contribution in [1.29, 1.82) is 0 Å². The van der Waals surface area contributed by atoms with Crippen LogP contribution in [-0.4, -0.2) is 26.3 Å². The monoisotopic (exact) mass is 220 g/mol. The highest BCUT2D eigenvalue weighted by molar-refractivity contribution is 5.54. The van der Waals surface area contributed by atoms with Gasteiger partial charge in [-0.15, -0.1) is 0 Å². The molecule has 0 unspecified atom stereocenters. The highest BCUT2D eigenvalue weighted by Gasteiger charge is 2.22. The molecule has 3 nitrogen and oxygen atoms in total. The SMILES string of the molecule is COC[C@H]1CCCCN1c1ccc(N)cc1. The van der Waals surface area contributed by atoms with Crippen LogP contribution in [0, 0.1) is 0 Å². The number of anilines is 2. The third-order valence-electron chi connectivity index (χ3n) is 3.21. The number of hydrogen-bond acceptors (Lipinski definition) is 3. The molecule has 1 aliphatic heterocycles. The smallest absolute Gasteiger partial charge is 0.0666 e. The van der Waals surface area contributed by atoms with E-state index in [-0.39, 0.29) is 0 Å². The number of nitrogens with zero attached hydrogens (tertiary/aromatic N) is 1. The van der Waals surface area contributed by atoms with Gasteiger partial charge in [-0.1, -0.05) is 0 Å². The van der Waals surface area contributed by atoms with Gasteiger partial charge in [0.1, 0.15) is 0 Å². The fraction of sp³-hybridized carbons (Fsp3) is 0.538. The molecule has 0 amide bonds. The van der Waals surface area contributed by atoms with Crippen LogP contribution >= 0.6 is 0 Å². The van der Waals surface area contributed by atoms with E-state index in [0.29, 0.717) is 6.04 Å². The van der Waals surface area contributed by atoms with Crippen molar-refractivity contribution < 1.29 is 4.74 Å². The molecule has 1 atom stereocenters. The number of methoxy groups -OCH3 is 1. The number of rotatable bonds is 3. The molecule has 0 aliphatic carbocycles. The lowest BCUT2D eigenvalue weighted by molar-refractivity contribution is 0.166. The number of piperidine rings is 1. The van der Waals surface area contributed by atoms with Gasteiger partial charge in [0.25, 0.3) is 0 Å². The van der Waals surface area contributed by atoms with E-state index in [1.54, 1.807) is 7.11 Å². The van der Waals surface area contributed by atoms with E-state index in [2.05, 4.69) is 17.0 Å². The van der Waals surface area contributed by atoms with Crippen LogP contribution in [0.25, 0.3) is 0 Å². The van der Waals surface area contributed by atoms with E-state index in [0.717, 1.165) is 18.8 Å². The van der Waals surface area contributed by atoms with Crippen molar-refractivity contribution in [3.8, 4) is 0 Å². The maximum atomic E-state index is 5.71. The topological polar surface area (TPSA) is 38.5 Å². The summed E-state index contributed by atoms with van der Waals surface area (Å²) in [6.45, 7) is 1.93. The highest BCUT2D eigenvalue weighted by atomic mass is 16.5. The van der Waals surface area contributed by atoms with E-state index >= 15 is 0 Å². The van der Waals surface area contributed by atoms with Crippen LogP contribution in [0.4, 0.5) is 11.4 Å². The van der Waals surface area contributed by atoms with E-state index in [4.69, 9.17) is 10.5 Å². The summed E-state index contributed by atoms with van der Waals surface area (Å²) in [6, 6.07) is 8.65. The third-order valence-corrected chi connectivity index (χ3v) is 3.21. The summed E-state index contributed by atoms with van der Waals surface area (Å²) in [4.78, 5) is 2.44. The molecule has 0 saturated carbocycles. The Balaban J connectivity index is 2.13. The standard InChI is InChI=1S/C13H20N2O/c1-16-10-13-4-2-3-9-15(13)12-7-5-11(14)6-8-12/h5-8,13H,2-4,9-10,14H2,1H3/t13-/m1/s1. The maximum Gasteiger partial charge on any atom is 0.0666 e. The van der Waals surface area contributed by atoms with Gasteiger partial charge < -0.3 is 15.4 Å². The van der Waals surface area contributed by atoms with Gasteiger partial charge in [-0.05, 0) is 43.5 Å². The van der Waals surface area contributed by atoms with Gasteiger partial charge in [0.15, 0.2) is 0 Å². The van der Waals surface area contributed by atoms with Gasteiger partial charge in [0, 0.05) is 25.0 Å². The zero-order valence-corrected chi connectivity index (χ0v) is 9.86. The van der Waals surface area contributed by atoms with Crippen molar-refractivity contribution in [2.75, 3.05) is 30.9 Å². The molecule has 1 aromatic carbocycles. The summed E-state index contributed by atoms with van der Waals surface area (Å²) in [5.74, 6) is 0. The van der Waals surface area contributed by atoms with Crippen molar-refractivity contribution in [2.45, 2.75) is 25.3 Å². The summed E-state index contributed by atoms with van der Waals surface area (Å²) in [5, 5.41) is 0. The number of nitrogens with two attached hydrogens (primary N) is 1. The Bertz CT molecular complexity index is 321. The Labute approximate surface area is 97.2 Å². The normalized spacial score (nSPS) is 21.1. The van der Waals surface area contributed by atoms with Crippen molar-refractivity contribution in [3.05, 3.63) is 24.3 Å². The molecule has 0 bridgehead atoms. The minimum Gasteiger partial charge on any atom is -0.399 e. The summed E-state index contributed by atoms with van der Waals surface area (Å²) < 4.78 is 5.29. The Morgan fingerprint density at radius 3 is 2.75 bits per heavy atom. The van der Waals surface area contributed by atoms with Gasteiger partial charge in [-0.25, -0.2) is 0 Å². The molecule has 3 heteroatoms. The fourth-order valence-electron chi connectivity index (χ4n) is 2.37. The Kier molecular flexibility index (Phi) is 3.67. The average Bonchev–Trinajstić information content (AvgIpc) is 2.32. The highest BCUT2D eigenvalue weighted by Crippen LogP contribution is 2.25. The molecular formula is C13H20N2O. The van der Waals surface area contributed by atoms with Gasteiger partial charge in [-0.3, -0.25) is 0 Å². The first kappa shape index (κ1) is 11.3. The van der Waals surface area contributed by atoms with Crippen LogP contribution in [0.3, 0.4) is 0 Å². The zero-order valence-electron chi connectivity index (χ0n) is 9.86. The number of hydrogen-bond donors (Lipinski definition) is 1. The summed E-state index contributed by atoms with van der Waals surface area (Å²) in [7, 11) is 1.77. The summed E-state index contributed by atoms with van der Waals surface area (Å²) in [6.07, 6.45) is 3.79. The Morgan fingerprint density at radius 1 is 1.31 bits per heavy atom. The van der Waals surface area contributed by atoms with Gasteiger partial charge in [0.2, 0.25) is 0 Å². The first-order valence-electron chi connectivity index (χ1n) is 5.92. The predicted octanol–water partition coefficient (Wildman–Crippen LogP) is 2.27. The number of ether oxygens (including phenoxy) is 1. The van der Waals surface area contributed by atoms with Crippen LogP contribution in [0.2, 0.25) is 0 Å². The molecule has 2 N–H and O–H groups in total. The van der Waals surface area contributed by atoms with Crippen molar-refractivity contribution >= 4 is 11.4 Å². The lowest BCUT2D eigenvalue weighted by atomic mass is 10.0.